The van der Waals surface area contributed by atoms with Gasteiger partial charge in [-0.05, 0) is 20.3 Å². The second-order valence-corrected chi connectivity index (χ2v) is 4.32. The summed E-state index contributed by atoms with van der Waals surface area (Å²) in [7, 11) is 0. The number of hydrogen-bond donors (Lipinski definition) is 0. The molecule has 0 fully saturated rings. The van der Waals surface area contributed by atoms with Gasteiger partial charge >= 0.3 is 0 Å². The monoisotopic (exact) mass is 194 g/mol. The molecule has 0 bridgehead atoms. The predicted octanol–water partition coefficient (Wildman–Crippen LogP) is 2.59. The van der Waals surface area contributed by atoms with E-state index in [1.807, 2.05) is 6.92 Å². The topological polar surface area (TPSA) is 9.23 Å². The summed E-state index contributed by atoms with van der Waals surface area (Å²) in [6.45, 7) is 7.91. The van der Waals surface area contributed by atoms with Crippen LogP contribution in [0, 0.1) is 0 Å². The van der Waals surface area contributed by atoms with E-state index in [1.165, 1.54) is 0 Å². The Balaban J connectivity index is 3.33. The Labute approximate surface area is 65.9 Å². The minimum Gasteiger partial charge on any atom is -0.380 e. The van der Waals surface area contributed by atoms with Crippen molar-refractivity contribution in [1.29, 1.82) is 0 Å². The Morgan fingerprint density at radius 1 is 1.44 bits per heavy atom. The summed E-state index contributed by atoms with van der Waals surface area (Å²) >= 11 is 3.56. The van der Waals surface area contributed by atoms with Crippen molar-refractivity contribution in [3.63, 3.8) is 0 Å². The molecule has 1 nitrogen and oxygen atoms in total. The first kappa shape index (κ1) is 9.44. The first-order valence-corrected chi connectivity index (χ1v) is 4.18. The van der Waals surface area contributed by atoms with Crippen molar-refractivity contribution in [3.05, 3.63) is 0 Å². The number of alkyl halides is 1. The third kappa shape index (κ3) is 4.91. The van der Waals surface area contributed by atoms with Gasteiger partial charge in [0, 0.05) is 10.9 Å². The lowest BCUT2D eigenvalue weighted by Gasteiger charge is -2.19. The molecule has 0 N–H and O–H groups in total. The average Bonchev–Trinajstić information content (AvgIpc) is 1.84. The largest absolute Gasteiger partial charge is 0.380 e. The molecule has 0 saturated heterocycles. The third-order valence-corrected chi connectivity index (χ3v) is 2.13. The van der Waals surface area contributed by atoms with Gasteiger partial charge in [-0.1, -0.05) is 22.9 Å². The van der Waals surface area contributed by atoms with Crippen LogP contribution in [-0.2, 0) is 4.74 Å². The van der Waals surface area contributed by atoms with Crippen molar-refractivity contribution in [2.75, 3.05) is 13.2 Å². The maximum Gasteiger partial charge on any atom is 0.0616 e. The second-order valence-electron chi connectivity index (χ2n) is 2.40. The summed E-state index contributed by atoms with van der Waals surface area (Å²) in [5.74, 6) is 0. The number of halogens is 1. The number of ether oxygens (including phenoxy) is 1. The average molecular weight is 195 g/mol. The molecule has 0 aromatic heterocycles. The zero-order valence-corrected chi connectivity index (χ0v) is 7.99. The van der Waals surface area contributed by atoms with Gasteiger partial charge in [-0.2, -0.15) is 0 Å². The summed E-state index contributed by atoms with van der Waals surface area (Å²) < 4.78 is 5.43. The van der Waals surface area contributed by atoms with E-state index in [1.54, 1.807) is 0 Å². The molecule has 0 saturated carbocycles. The highest BCUT2D eigenvalue weighted by molar-refractivity contribution is 9.10. The van der Waals surface area contributed by atoms with Crippen LogP contribution >= 0.6 is 15.9 Å². The van der Waals surface area contributed by atoms with Crippen LogP contribution in [0.1, 0.15) is 27.2 Å². The van der Waals surface area contributed by atoms with Crippen LogP contribution in [0.15, 0.2) is 0 Å². The second kappa shape index (κ2) is 4.29. The molecule has 56 valence electrons. The zero-order chi connectivity index (χ0) is 7.33. The SMILES string of the molecule is CCOCC(C)(Br)CC. The van der Waals surface area contributed by atoms with Gasteiger partial charge in [0.25, 0.3) is 0 Å². The van der Waals surface area contributed by atoms with Crippen LogP contribution < -0.4 is 0 Å². The molecule has 0 aliphatic rings. The Hall–Kier alpha value is 0.440. The quantitative estimate of drug-likeness (QED) is 0.626. The fraction of sp³-hybridized carbons (Fsp3) is 1.00. The van der Waals surface area contributed by atoms with Gasteiger partial charge in [0.05, 0.1) is 6.61 Å². The molecule has 0 aliphatic heterocycles. The lowest BCUT2D eigenvalue weighted by atomic mass is 10.1. The van der Waals surface area contributed by atoms with Crippen molar-refractivity contribution in [2.45, 2.75) is 31.5 Å². The van der Waals surface area contributed by atoms with Crippen LogP contribution in [0.4, 0.5) is 0 Å². The number of rotatable bonds is 4. The van der Waals surface area contributed by atoms with Gasteiger partial charge in [-0.25, -0.2) is 0 Å². The van der Waals surface area contributed by atoms with Crippen molar-refractivity contribution in [3.8, 4) is 0 Å². The molecule has 0 spiro atoms. The Kier molecular flexibility index (Phi) is 4.50. The van der Waals surface area contributed by atoms with Gasteiger partial charge in [0.2, 0.25) is 0 Å². The highest BCUT2D eigenvalue weighted by Gasteiger charge is 2.16. The van der Waals surface area contributed by atoms with Gasteiger partial charge < -0.3 is 4.74 Å². The van der Waals surface area contributed by atoms with Crippen LogP contribution in [0.2, 0.25) is 0 Å². The van der Waals surface area contributed by atoms with Gasteiger partial charge in [0.15, 0.2) is 0 Å². The van der Waals surface area contributed by atoms with E-state index in [0.717, 1.165) is 19.6 Å². The molecule has 1 unspecified atom stereocenters. The van der Waals surface area contributed by atoms with Crippen LogP contribution in [0.25, 0.3) is 0 Å². The maximum absolute atomic E-state index is 5.24. The summed E-state index contributed by atoms with van der Waals surface area (Å²) in [4.78, 5) is 0. The Morgan fingerprint density at radius 2 is 2.00 bits per heavy atom. The van der Waals surface area contributed by atoms with Gasteiger partial charge in [-0.3, -0.25) is 0 Å². The first-order chi connectivity index (χ1) is 4.12. The van der Waals surface area contributed by atoms with E-state index in [9.17, 15) is 0 Å². The molecule has 0 radical (unpaired) electrons. The molecule has 0 aromatic rings. The van der Waals surface area contributed by atoms with Crippen LogP contribution in [0.3, 0.4) is 0 Å². The summed E-state index contributed by atoms with van der Waals surface area (Å²) in [5, 5.41) is 0. The van der Waals surface area contributed by atoms with E-state index in [4.69, 9.17) is 4.74 Å². The van der Waals surface area contributed by atoms with E-state index in [2.05, 4.69) is 29.8 Å². The molecule has 0 heterocycles. The molecule has 0 aliphatic carbocycles. The minimum atomic E-state index is 0.184. The van der Waals surface area contributed by atoms with Gasteiger partial charge in [-0.15, -0.1) is 0 Å². The fourth-order valence-corrected chi connectivity index (χ4v) is 0.579. The van der Waals surface area contributed by atoms with E-state index in [-0.39, 0.29) is 4.32 Å². The summed E-state index contributed by atoms with van der Waals surface area (Å²) in [5.41, 5.74) is 0. The van der Waals surface area contributed by atoms with Crippen LogP contribution in [-0.4, -0.2) is 17.5 Å². The van der Waals surface area contributed by atoms with Crippen molar-refractivity contribution in [1.82, 2.24) is 0 Å². The molecule has 2 heteroatoms. The maximum atomic E-state index is 5.24. The molecule has 0 rings (SSSR count). The van der Waals surface area contributed by atoms with Crippen molar-refractivity contribution < 1.29 is 4.74 Å². The highest BCUT2D eigenvalue weighted by atomic mass is 79.9. The van der Waals surface area contributed by atoms with Crippen molar-refractivity contribution in [2.24, 2.45) is 0 Å². The molecule has 0 aromatic carbocycles. The lowest BCUT2D eigenvalue weighted by molar-refractivity contribution is 0.128. The van der Waals surface area contributed by atoms with Gasteiger partial charge in [0.1, 0.15) is 0 Å². The molecule has 0 amide bonds. The predicted molar refractivity (Wildman–Crippen MR) is 44.1 cm³/mol. The number of hydrogen-bond acceptors (Lipinski definition) is 1. The standard InChI is InChI=1S/C7H15BrO/c1-4-7(3,8)6-9-5-2/h4-6H2,1-3H3. The smallest absolute Gasteiger partial charge is 0.0616 e. The summed E-state index contributed by atoms with van der Waals surface area (Å²) in [6.07, 6.45) is 1.10. The summed E-state index contributed by atoms with van der Waals surface area (Å²) in [6, 6.07) is 0. The molecule has 1 atom stereocenters. The Bertz CT molecular complexity index is 71.3. The molecular formula is C7H15BrO. The molecular weight excluding hydrogens is 180 g/mol. The first-order valence-electron chi connectivity index (χ1n) is 3.39. The fourth-order valence-electron chi connectivity index (χ4n) is 0.417. The normalized spacial score (nSPS) is 17.3. The van der Waals surface area contributed by atoms with E-state index in [0.29, 0.717) is 0 Å². The molecule has 9 heavy (non-hydrogen) atoms. The zero-order valence-electron chi connectivity index (χ0n) is 6.41. The Morgan fingerprint density at radius 3 is 2.33 bits per heavy atom. The highest BCUT2D eigenvalue weighted by Crippen LogP contribution is 2.20. The third-order valence-electron chi connectivity index (χ3n) is 1.34. The van der Waals surface area contributed by atoms with E-state index >= 15 is 0 Å². The van der Waals surface area contributed by atoms with Crippen LogP contribution in [0.5, 0.6) is 0 Å². The van der Waals surface area contributed by atoms with Crippen molar-refractivity contribution >= 4 is 15.9 Å². The lowest BCUT2D eigenvalue weighted by Crippen LogP contribution is -2.21. The minimum absolute atomic E-state index is 0.184. The van der Waals surface area contributed by atoms with E-state index < -0.39 is 0 Å².